The lowest BCUT2D eigenvalue weighted by Gasteiger charge is -2.27. The minimum Gasteiger partial charge on any atom is -0.493 e. The number of rotatable bonds is 5. The molecule has 1 unspecified atom stereocenters. The van der Waals surface area contributed by atoms with Gasteiger partial charge in [0, 0.05) is 6.42 Å². The monoisotopic (exact) mass is 367 g/mol. The number of nitrogens with zero attached hydrogens (tertiary/aromatic N) is 1. The molecule has 0 aliphatic carbocycles. The number of hydrogen-bond acceptors (Lipinski definition) is 6. The third-order valence-electron chi connectivity index (χ3n) is 4.04. The van der Waals surface area contributed by atoms with E-state index in [1.54, 1.807) is 12.1 Å². The van der Waals surface area contributed by atoms with Gasteiger partial charge in [0.15, 0.2) is 0 Å². The Morgan fingerprint density at radius 3 is 2.64 bits per heavy atom. The van der Waals surface area contributed by atoms with E-state index in [-0.39, 0.29) is 36.4 Å². The number of nitrogens with two attached hydrogens (primary N) is 1. The van der Waals surface area contributed by atoms with Crippen molar-refractivity contribution in [2.24, 2.45) is 5.73 Å². The molecule has 0 radical (unpaired) electrons. The maximum absolute atomic E-state index is 12.7. The van der Waals surface area contributed by atoms with Gasteiger partial charge in [0.1, 0.15) is 11.8 Å². The van der Waals surface area contributed by atoms with E-state index in [4.69, 9.17) is 10.5 Å². The molecule has 2 heterocycles. The molecule has 8 nitrogen and oxygen atoms in total. The molecule has 1 aromatic rings. The SMILES string of the molecule is Cl.NCCCOc1cccc2c1C(=O)N(C1CCC(=O)NC1=O)C2=O. The Morgan fingerprint density at radius 1 is 1.20 bits per heavy atom. The number of fused-ring (bicyclic) bond motifs is 1. The molecule has 1 aromatic carbocycles. The molecule has 2 aliphatic rings. The van der Waals surface area contributed by atoms with Crippen molar-refractivity contribution in [3.8, 4) is 5.75 Å². The van der Waals surface area contributed by atoms with Gasteiger partial charge in [-0.2, -0.15) is 0 Å². The molecule has 3 N–H and O–H groups in total. The van der Waals surface area contributed by atoms with Crippen LogP contribution in [0.4, 0.5) is 0 Å². The maximum atomic E-state index is 12.7. The Bertz CT molecular complexity index is 736. The summed E-state index contributed by atoms with van der Waals surface area (Å²) in [4.78, 5) is 49.5. The van der Waals surface area contributed by atoms with Gasteiger partial charge in [0.05, 0.1) is 17.7 Å². The number of piperidine rings is 1. The van der Waals surface area contributed by atoms with Crippen molar-refractivity contribution < 1.29 is 23.9 Å². The van der Waals surface area contributed by atoms with Crippen LogP contribution in [0.1, 0.15) is 40.0 Å². The first-order valence-corrected chi connectivity index (χ1v) is 7.72. The van der Waals surface area contributed by atoms with Crippen molar-refractivity contribution in [1.29, 1.82) is 0 Å². The predicted molar refractivity (Wildman–Crippen MR) is 89.5 cm³/mol. The van der Waals surface area contributed by atoms with E-state index in [0.29, 0.717) is 25.3 Å². The van der Waals surface area contributed by atoms with E-state index < -0.39 is 29.7 Å². The molecule has 0 saturated carbocycles. The van der Waals surface area contributed by atoms with E-state index in [2.05, 4.69) is 5.32 Å². The van der Waals surface area contributed by atoms with Crippen molar-refractivity contribution in [1.82, 2.24) is 10.2 Å². The van der Waals surface area contributed by atoms with Crippen LogP contribution in [0.3, 0.4) is 0 Å². The number of hydrogen-bond donors (Lipinski definition) is 2. The van der Waals surface area contributed by atoms with Gasteiger partial charge in [0.25, 0.3) is 11.8 Å². The third-order valence-corrected chi connectivity index (χ3v) is 4.04. The lowest BCUT2D eigenvalue weighted by molar-refractivity contribution is -0.136. The zero-order valence-electron chi connectivity index (χ0n) is 13.3. The smallest absolute Gasteiger partial charge is 0.266 e. The van der Waals surface area contributed by atoms with Crippen molar-refractivity contribution in [3.63, 3.8) is 0 Å². The topological polar surface area (TPSA) is 119 Å². The van der Waals surface area contributed by atoms with Crippen LogP contribution < -0.4 is 15.8 Å². The number of amides is 4. The quantitative estimate of drug-likeness (QED) is 0.568. The van der Waals surface area contributed by atoms with Gasteiger partial charge in [-0.1, -0.05) is 6.07 Å². The molecular formula is C16H18ClN3O5. The van der Waals surface area contributed by atoms with Crippen LogP contribution in [-0.2, 0) is 9.59 Å². The highest BCUT2D eigenvalue weighted by molar-refractivity contribution is 6.24. The molecule has 25 heavy (non-hydrogen) atoms. The number of ether oxygens (including phenoxy) is 1. The molecule has 4 amide bonds. The number of nitrogens with one attached hydrogen (secondary N) is 1. The van der Waals surface area contributed by atoms with E-state index in [1.807, 2.05) is 0 Å². The zero-order valence-corrected chi connectivity index (χ0v) is 14.1. The number of imide groups is 2. The highest BCUT2D eigenvalue weighted by atomic mass is 35.5. The number of carbonyl (C=O) groups is 4. The molecular weight excluding hydrogens is 350 g/mol. The average molecular weight is 368 g/mol. The summed E-state index contributed by atoms with van der Waals surface area (Å²) in [6, 6.07) is 3.77. The van der Waals surface area contributed by atoms with Gasteiger partial charge in [-0.3, -0.25) is 29.4 Å². The second-order valence-corrected chi connectivity index (χ2v) is 5.62. The summed E-state index contributed by atoms with van der Waals surface area (Å²) >= 11 is 0. The Kier molecular flexibility index (Phi) is 5.76. The van der Waals surface area contributed by atoms with Crippen LogP contribution in [0.15, 0.2) is 18.2 Å². The van der Waals surface area contributed by atoms with Crippen LogP contribution in [0.2, 0.25) is 0 Å². The molecule has 1 fully saturated rings. The van der Waals surface area contributed by atoms with Gasteiger partial charge in [-0.05, 0) is 31.5 Å². The summed E-state index contributed by atoms with van der Waals surface area (Å²) in [6.07, 6.45) is 0.825. The fourth-order valence-corrected chi connectivity index (χ4v) is 2.87. The van der Waals surface area contributed by atoms with E-state index in [0.717, 1.165) is 4.90 Å². The molecule has 0 spiro atoms. The highest BCUT2D eigenvalue weighted by Crippen LogP contribution is 2.33. The largest absolute Gasteiger partial charge is 0.493 e. The summed E-state index contributed by atoms with van der Waals surface area (Å²) in [7, 11) is 0. The number of halogens is 1. The van der Waals surface area contributed by atoms with Crippen LogP contribution >= 0.6 is 12.4 Å². The fourth-order valence-electron chi connectivity index (χ4n) is 2.87. The van der Waals surface area contributed by atoms with Gasteiger partial charge in [0.2, 0.25) is 11.8 Å². The molecule has 9 heteroatoms. The molecule has 0 aromatic heterocycles. The predicted octanol–water partition coefficient (Wildman–Crippen LogP) is 0.237. The Hall–Kier alpha value is -2.45. The standard InChI is InChI=1S/C16H17N3O5.ClH/c17-7-2-8-24-11-4-1-3-9-13(11)16(23)19(15(9)22)10-5-6-12(20)18-14(10)21;/h1,3-4,10H,2,5-8,17H2,(H,18,20,21);1H. The first-order valence-electron chi connectivity index (χ1n) is 7.72. The lowest BCUT2D eigenvalue weighted by atomic mass is 10.0. The van der Waals surface area contributed by atoms with Gasteiger partial charge in [-0.15, -0.1) is 12.4 Å². The first kappa shape index (κ1) is 18.9. The normalized spacial score (nSPS) is 19.4. The van der Waals surface area contributed by atoms with Crippen molar-refractivity contribution in [3.05, 3.63) is 29.3 Å². The van der Waals surface area contributed by atoms with Crippen molar-refractivity contribution in [2.75, 3.05) is 13.2 Å². The highest BCUT2D eigenvalue weighted by Gasteiger charge is 2.45. The first-order chi connectivity index (χ1) is 11.5. The Balaban J connectivity index is 0.00000225. The minimum atomic E-state index is -0.980. The van der Waals surface area contributed by atoms with Crippen LogP contribution in [0.5, 0.6) is 5.75 Å². The Labute approximate surface area is 150 Å². The van der Waals surface area contributed by atoms with Crippen LogP contribution in [0, 0.1) is 0 Å². The van der Waals surface area contributed by atoms with E-state index in [9.17, 15) is 19.2 Å². The van der Waals surface area contributed by atoms with Crippen LogP contribution in [-0.4, -0.2) is 47.7 Å². The molecule has 1 saturated heterocycles. The zero-order chi connectivity index (χ0) is 17.3. The second kappa shape index (κ2) is 7.62. The van der Waals surface area contributed by atoms with E-state index >= 15 is 0 Å². The van der Waals surface area contributed by atoms with E-state index in [1.165, 1.54) is 6.07 Å². The van der Waals surface area contributed by atoms with Crippen molar-refractivity contribution in [2.45, 2.75) is 25.3 Å². The maximum Gasteiger partial charge on any atom is 0.266 e. The molecule has 1 atom stereocenters. The summed E-state index contributed by atoms with van der Waals surface area (Å²) in [5.41, 5.74) is 5.78. The van der Waals surface area contributed by atoms with Crippen molar-refractivity contribution >= 4 is 36.0 Å². The molecule has 2 aliphatic heterocycles. The average Bonchev–Trinajstić information content (AvgIpc) is 2.81. The van der Waals surface area contributed by atoms with Gasteiger partial charge >= 0.3 is 0 Å². The lowest BCUT2D eigenvalue weighted by Crippen LogP contribution is -2.54. The summed E-state index contributed by atoms with van der Waals surface area (Å²) in [5.74, 6) is -1.86. The van der Waals surface area contributed by atoms with Gasteiger partial charge in [-0.25, -0.2) is 0 Å². The Morgan fingerprint density at radius 2 is 1.96 bits per heavy atom. The summed E-state index contributed by atoms with van der Waals surface area (Å²) in [6.45, 7) is 0.775. The summed E-state index contributed by atoms with van der Waals surface area (Å²) in [5, 5.41) is 2.16. The fraction of sp³-hybridized carbons (Fsp3) is 0.375. The number of benzene rings is 1. The number of carbonyl (C=O) groups excluding carboxylic acids is 4. The molecule has 0 bridgehead atoms. The third kappa shape index (κ3) is 3.35. The second-order valence-electron chi connectivity index (χ2n) is 5.62. The molecule has 134 valence electrons. The van der Waals surface area contributed by atoms with Gasteiger partial charge < -0.3 is 10.5 Å². The minimum absolute atomic E-state index is 0. The summed E-state index contributed by atoms with van der Waals surface area (Å²) < 4.78 is 5.55. The molecule has 3 rings (SSSR count). The van der Waals surface area contributed by atoms with Crippen LogP contribution in [0.25, 0.3) is 0 Å².